The van der Waals surface area contributed by atoms with Crippen LogP contribution in [0.1, 0.15) is 19.4 Å². The van der Waals surface area contributed by atoms with E-state index in [0.29, 0.717) is 0 Å². The molecule has 1 aromatic carbocycles. The Hall–Kier alpha value is -1.27. The average molecular weight is 295 g/mol. The Morgan fingerprint density at radius 1 is 1.37 bits per heavy atom. The van der Waals surface area contributed by atoms with Gasteiger partial charge >= 0.3 is 6.18 Å². The van der Waals surface area contributed by atoms with Gasteiger partial charge in [0.25, 0.3) is 0 Å². The lowest BCUT2D eigenvalue weighted by molar-refractivity contribution is -0.137. The molecule has 0 saturated carbocycles. The van der Waals surface area contributed by atoms with Crippen molar-refractivity contribution < 1.29 is 18.0 Å². The highest BCUT2D eigenvalue weighted by Crippen LogP contribution is 2.33. The standard InChI is InChI=1S/C12H14ClF3N2O/c1-7(2)17-6-11(19)18-10-5-8(12(14,15)16)3-4-9(10)13/h3-5,7,17H,6H2,1-2H3,(H,18,19). The third-order valence-electron chi connectivity index (χ3n) is 2.24. The number of carbonyl (C=O) groups excluding carboxylic acids is 1. The molecule has 0 heterocycles. The Morgan fingerprint density at radius 2 is 2.00 bits per heavy atom. The molecule has 3 nitrogen and oxygen atoms in total. The molecule has 1 amide bonds. The minimum Gasteiger partial charge on any atom is -0.324 e. The summed E-state index contributed by atoms with van der Waals surface area (Å²) in [4.78, 5) is 11.5. The van der Waals surface area contributed by atoms with Crippen LogP contribution in [0, 0.1) is 0 Å². The maximum atomic E-state index is 12.5. The average Bonchev–Trinajstić information content (AvgIpc) is 2.28. The van der Waals surface area contributed by atoms with E-state index in [4.69, 9.17) is 11.6 Å². The summed E-state index contributed by atoms with van der Waals surface area (Å²) in [5.41, 5.74) is -0.906. The van der Waals surface area contributed by atoms with Crippen molar-refractivity contribution in [1.82, 2.24) is 5.32 Å². The summed E-state index contributed by atoms with van der Waals surface area (Å²) in [6, 6.07) is 2.89. The van der Waals surface area contributed by atoms with Gasteiger partial charge < -0.3 is 10.6 Å². The summed E-state index contributed by atoms with van der Waals surface area (Å²) in [5.74, 6) is -0.449. The molecule has 19 heavy (non-hydrogen) atoms. The summed E-state index contributed by atoms with van der Waals surface area (Å²) < 4.78 is 37.6. The van der Waals surface area contributed by atoms with Crippen LogP contribution in [0.4, 0.5) is 18.9 Å². The van der Waals surface area contributed by atoms with E-state index in [1.807, 2.05) is 13.8 Å². The highest BCUT2D eigenvalue weighted by Gasteiger charge is 2.31. The van der Waals surface area contributed by atoms with Crippen LogP contribution < -0.4 is 10.6 Å². The molecule has 0 atom stereocenters. The molecule has 1 rings (SSSR count). The molecule has 0 aromatic heterocycles. The second-order valence-corrected chi connectivity index (χ2v) is 4.68. The number of amides is 1. The monoisotopic (exact) mass is 294 g/mol. The fourth-order valence-corrected chi connectivity index (χ4v) is 1.45. The third-order valence-corrected chi connectivity index (χ3v) is 2.57. The van der Waals surface area contributed by atoms with Crippen LogP contribution in [0.3, 0.4) is 0 Å². The van der Waals surface area contributed by atoms with Crippen LogP contribution in [0.15, 0.2) is 18.2 Å². The maximum absolute atomic E-state index is 12.5. The molecule has 0 saturated heterocycles. The van der Waals surface area contributed by atoms with Gasteiger partial charge in [-0.05, 0) is 18.2 Å². The first kappa shape index (κ1) is 15.8. The number of hydrogen-bond donors (Lipinski definition) is 2. The molecule has 106 valence electrons. The topological polar surface area (TPSA) is 41.1 Å². The van der Waals surface area contributed by atoms with Gasteiger partial charge in [-0.25, -0.2) is 0 Å². The van der Waals surface area contributed by atoms with Crippen molar-refractivity contribution in [3.05, 3.63) is 28.8 Å². The summed E-state index contributed by atoms with van der Waals surface area (Å²) >= 11 is 5.75. The van der Waals surface area contributed by atoms with E-state index < -0.39 is 17.6 Å². The van der Waals surface area contributed by atoms with Crippen molar-refractivity contribution >= 4 is 23.2 Å². The second kappa shape index (κ2) is 6.25. The van der Waals surface area contributed by atoms with Crippen LogP contribution >= 0.6 is 11.6 Å². The molecule has 7 heteroatoms. The van der Waals surface area contributed by atoms with Crippen LogP contribution in [-0.2, 0) is 11.0 Å². The lowest BCUT2D eigenvalue weighted by atomic mass is 10.2. The Morgan fingerprint density at radius 3 is 2.53 bits per heavy atom. The first-order chi connectivity index (χ1) is 8.70. The molecule has 1 aromatic rings. The van der Waals surface area contributed by atoms with Crippen molar-refractivity contribution in [2.75, 3.05) is 11.9 Å². The van der Waals surface area contributed by atoms with Crippen LogP contribution in [0.25, 0.3) is 0 Å². The predicted octanol–water partition coefficient (Wildman–Crippen LogP) is 3.30. The molecule has 2 N–H and O–H groups in total. The van der Waals surface area contributed by atoms with Gasteiger partial charge in [0, 0.05) is 6.04 Å². The van der Waals surface area contributed by atoms with Gasteiger partial charge in [-0.15, -0.1) is 0 Å². The molecular formula is C12H14ClF3N2O. The van der Waals surface area contributed by atoms with E-state index in [1.54, 1.807) is 0 Å². The number of carbonyl (C=O) groups is 1. The predicted molar refractivity (Wildman–Crippen MR) is 68.2 cm³/mol. The molecule has 0 radical (unpaired) electrons. The fourth-order valence-electron chi connectivity index (χ4n) is 1.29. The molecule has 0 aliphatic heterocycles. The van der Waals surface area contributed by atoms with Crippen molar-refractivity contribution in [3.63, 3.8) is 0 Å². The number of alkyl halides is 3. The van der Waals surface area contributed by atoms with E-state index in [-0.39, 0.29) is 23.3 Å². The highest BCUT2D eigenvalue weighted by atomic mass is 35.5. The zero-order chi connectivity index (χ0) is 14.6. The number of halogens is 4. The molecule has 0 aliphatic rings. The minimum atomic E-state index is -4.47. The Bertz CT molecular complexity index is 461. The van der Waals surface area contributed by atoms with Crippen molar-refractivity contribution in [2.24, 2.45) is 0 Å². The summed E-state index contributed by atoms with van der Waals surface area (Å²) in [7, 11) is 0. The Labute approximate surface area is 114 Å². The van der Waals surface area contributed by atoms with Crippen LogP contribution in [0.5, 0.6) is 0 Å². The fraction of sp³-hybridized carbons (Fsp3) is 0.417. The van der Waals surface area contributed by atoms with Crippen LogP contribution in [0.2, 0.25) is 5.02 Å². The van der Waals surface area contributed by atoms with E-state index >= 15 is 0 Å². The van der Waals surface area contributed by atoms with Crippen molar-refractivity contribution in [3.8, 4) is 0 Å². The van der Waals surface area contributed by atoms with E-state index in [1.165, 1.54) is 0 Å². The molecule has 0 fully saturated rings. The van der Waals surface area contributed by atoms with Gasteiger partial charge in [0.2, 0.25) is 5.91 Å². The molecule has 0 spiro atoms. The third kappa shape index (κ3) is 5.08. The van der Waals surface area contributed by atoms with E-state index in [2.05, 4.69) is 10.6 Å². The summed E-state index contributed by atoms with van der Waals surface area (Å²) in [5, 5.41) is 5.26. The van der Waals surface area contributed by atoms with E-state index in [0.717, 1.165) is 18.2 Å². The number of anilines is 1. The normalized spacial score (nSPS) is 11.7. The first-order valence-electron chi connectivity index (χ1n) is 5.60. The number of benzene rings is 1. The minimum absolute atomic E-state index is 0.00421. The van der Waals surface area contributed by atoms with Gasteiger partial charge in [0.1, 0.15) is 0 Å². The zero-order valence-electron chi connectivity index (χ0n) is 10.4. The first-order valence-corrected chi connectivity index (χ1v) is 5.98. The lowest BCUT2D eigenvalue weighted by Gasteiger charge is -2.12. The summed E-state index contributed by atoms with van der Waals surface area (Å²) in [6.07, 6.45) is -4.47. The van der Waals surface area contributed by atoms with Gasteiger partial charge in [-0.1, -0.05) is 25.4 Å². The smallest absolute Gasteiger partial charge is 0.324 e. The van der Waals surface area contributed by atoms with Gasteiger partial charge in [0.15, 0.2) is 0 Å². The lowest BCUT2D eigenvalue weighted by Crippen LogP contribution is -2.32. The molecular weight excluding hydrogens is 281 g/mol. The quantitative estimate of drug-likeness (QED) is 0.894. The Kier molecular flexibility index (Phi) is 5.20. The van der Waals surface area contributed by atoms with Crippen molar-refractivity contribution in [2.45, 2.75) is 26.1 Å². The van der Waals surface area contributed by atoms with E-state index in [9.17, 15) is 18.0 Å². The number of hydrogen-bond acceptors (Lipinski definition) is 2. The SMILES string of the molecule is CC(C)NCC(=O)Nc1cc(C(F)(F)F)ccc1Cl. The molecule has 0 unspecified atom stereocenters. The molecule has 0 aliphatic carbocycles. The van der Waals surface area contributed by atoms with Gasteiger partial charge in [0.05, 0.1) is 22.8 Å². The Balaban J connectivity index is 2.80. The number of nitrogens with one attached hydrogen (secondary N) is 2. The highest BCUT2D eigenvalue weighted by molar-refractivity contribution is 6.33. The zero-order valence-corrected chi connectivity index (χ0v) is 11.2. The number of rotatable bonds is 4. The molecule has 0 bridgehead atoms. The van der Waals surface area contributed by atoms with Crippen LogP contribution in [-0.4, -0.2) is 18.5 Å². The summed E-state index contributed by atoms with van der Waals surface area (Å²) in [6.45, 7) is 3.71. The van der Waals surface area contributed by atoms with Crippen molar-refractivity contribution in [1.29, 1.82) is 0 Å². The largest absolute Gasteiger partial charge is 0.416 e. The van der Waals surface area contributed by atoms with Gasteiger partial charge in [-0.3, -0.25) is 4.79 Å². The second-order valence-electron chi connectivity index (χ2n) is 4.28. The maximum Gasteiger partial charge on any atom is 0.416 e. The van der Waals surface area contributed by atoms with Gasteiger partial charge in [-0.2, -0.15) is 13.2 Å².